The molecule has 0 spiro atoms. The summed E-state index contributed by atoms with van der Waals surface area (Å²) in [5.74, 6) is -0.844. The summed E-state index contributed by atoms with van der Waals surface area (Å²) in [6, 6.07) is -0.282. The third-order valence-electron chi connectivity index (χ3n) is 3.40. The average molecular weight is 285 g/mol. The molecule has 0 heterocycles. The lowest BCUT2D eigenvalue weighted by Crippen LogP contribution is -2.42. The van der Waals surface area contributed by atoms with Crippen molar-refractivity contribution in [3.8, 4) is 0 Å². The number of carboxylic acids is 1. The maximum absolute atomic E-state index is 12.3. The van der Waals surface area contributed by atoms with Crippen molar-refractivity contribution in [1.82, 2.24) is 5.32 Å². The van der Waals surface area contributed by atoms with E-state index in [1.54, 1.807) is 0 Å². The molecule has 118 valence electrons. The Morgan fingerprint density at radius 1 is 1.20 bits per heavy atom. The van der Waals surface area contributed by atoms with Crippen molar-refractivity contribution in [2.45, 2.75) is 79.2 Å². The van der Waals surface area contributed by atoms with E-state index in [9.17, 15) is 9.59 Å². The molecule has 0 fully saturated rings. The van der Waals surface area contributed by atoms with Gasteiger partial charge in [-0.2, -0.15) is 0 Å². The number of aliphatic carboxylic acids is 1. The van der Waals surface area contributed by atoms with Crippen LogP contribution in [0.2, 0.25) is 0 Å². The van der Waals surface area contributed by atoms with Gasteiger partial charge in [-0.1, -0.05) is 47.5 Å². The highest BCUT2D eigenvalue weighted by molar-refractivity contribution is 5.79. The minimum Gasteiger partial charge on any atom is -0.481 e. The summed E-state index contributed by atoms with van der Waals surface area (Å²) in [6.45, 7) is 10.3. The third kappa shape index (κ3) is 8.94. The van der Waals surface area contributed by atoms with Gasteiger partial charge < -0.3 is 10.4 Å². The number of carbonyl (C=O) groups excluding carboxylic acids is 1. The zero-order chi connectivity index (χ0) is 15.8. The Morgan fingerprint density at radius 3 is 2.20 bits per heavy atom. The second-order valence-electron chi connectivity index (χ2n) is 6.82. The average Bonchev–Trinajstić information content (AvgIpc) is 2.26. The lowest BCUT2D eigenvalue weighted by molar-refractivity contribution is -0.138. The maximum Gasteiger partial charge on any atom is 0.305 e. The quantitative estimate of drug-likeness (QED) is 0.680. The molecule has 0 rings (SSSR count). The lowest BCUT2D eigenvalue weighted by Gasteiger charge is -2.27. The number of nitrogens with one attached hydrogen (secondary N) is 1. The summed E-state index contributed by atoms with van der Waals surface area (Å²) in [4.78, 5) is 23.2. The zero-order valence-corrected chi connectivity index (χ0v) is 13.7. The van der Waals surface area contributed by atoms with Gasteiger partial charge in [-0.25, -0.2) is 0 Å². The van der Waals surface area contributed by atoms with Crippen LogP contribution in [0.15, 0.2) is 0 Å². The Bertz CT molecular complexity index is 307. The molecule has 0 saturated carbocycles. The maximum atomic E-state index is 12.3. The van der Waals surface area contributed by atoms with E-state index in [0.29, 0.717) is 6.42 Å². The van der Waals surface area contributed by atoms with E-state index in [0.717, 1.165) is 25.7 Å². The van der Waals surface area contributed by atoms with Crippen LogP contribution in [0.1, 0.15) is 73.1 Å². The molecular formula is C16H31NO3. The van der Waals surface area contributed by atoms with Gasteiger partial charge in [-0.05, 0) is 24.7 Å². The highest BCUT2D eigenvalue weighted by Gasteiger charge is 2.25. The summed E-state index contributed by atoms with van der Waals surface area (Å²) < 4.78 is 0. The number of hydrogen-bond acceptors (Lipinski definition) is 2. The zero-order valence-electron chi connectivity index (χ0n) is 13.7. The fourth-order valence-electron chi connectivity index (χ4n) is 2.41. The van der Waals surface area contributed by atoms with Gasteiger partial charge in [0.05, 0.1) is 6.42 Å². The number of unbranched alkanes of at least 4 members (excludes halogenated alkanes) is 1. The first-order chi connectivity index (χ1) is 9.19. The topological polar surface area (TPSA) is 66.4 Å². The first kappa shape index (κ1) is 18.9. The Kier molecular flexibility index (Phi) is 8.51. The van der Waals surface area contributed by atoms with Crippen LogP contribution in [0.3, 0.4) is 0 Å². The molecule has 0 radical (unpaired) electrons. The molecule has 0 aliphatic heterocycles. The van der Waals surface area contributed by atoms with Crippen LogP contribution in [0, 0.1) is 11.3 Å². The van der Waals surface area contributed by atoms with Gasteiger partial charge in [0.25, 0.3) is 0 Å². The molecule has 0 aromatic rings. The Morgan fingerprint density at radius 2 is 1.80 bits per heavy atom. The van der Waals surface area contributed by atoms with Crippen molar-refractivity contribution in [1.29, 1.82) is 0 Å². The van der Waals surface area contributed by atoms with E-state index < -0.39 is 5.97 Å². The summed E-state index contributed by atoms with van der Waals surface area (Å²) in [7, 11) is 0. The van der Waals surface area contributed by atoms with E-state index in [4.69, 9.17) is 5.11 Å². The van der Waals surface area contributed by atoms with Gasteiger partial charge in [0.2, 0.25) is 5.91 Å². The first-order valence-corrected chi connectivity index (χ1v) is 7.71. The van der Waals surface area contributed by atoms with Crippen molar-refractivity contribution in [3.05, 3.63) is 0 Å². The normalized spacial score (nSPS) is 14.7. The SMILES string of the molecule is CCCCC(CC)C(=O)NC(CC(=O)O)CC(C)(C)C. The standard InChI is InChI=1S/C16H31NO3/c1-6-8-9-12(7-2)15(20)17-13(10-14(18)19)11-16(3,4)5/h12-13H,6-11H2,1-5H3,(H,17,20)(H,18,19). The molecule has 0 aromatic carbocycles. The number of rotatable bonds is 9. The highest BCUT2D eigenvalue weighted by Crippen LogP contribution is 2.23. The fourth-order valence-corrected chi connectivity index (χ4v) is 2.41. The molecule has 4 nitrogen and oxygen atoms in total. The number of carbonyl (C=O) groups is 2. The Hall–Kier alpha value is -1.06. The molecule has 1 amide bonds. The van der Waals surface area contributed by atoms with E-state index in [1.807, 2.05) is 6.92 Å². The molecular weight excluding hydrogens is 254 g/mol. The van der Waals surface area contributed by atoms with Crippen LogP contribution < -0.4 is 5.32 Å². The van der Waals surface area contributed by atoms with Crippen molar-refractivity contribution >= 4 is 11.9 Å². The molecule has 0 bridgehead atoms. The number of amides is 1. The molecule has 0 aromatic heterocycles. The summed E-state index contributed by atoms with van der Waals surface area (Å²) >= 11 is 0. The minimum absolute atomic E-state index is 0.00146. The number of carboxylic acid groups (broad SMARTS) is 1. The number of hydrogen-bond donors (Lipinski definition) is 2. The molecule has 20 heavy (non-hydrogen) atoms. The van der Waals surface area contributed by atoms with Gasteiger partial charge in [0, 0.05) is 12.0 Å². The Labute approximate surface area is 123 Å². The van der Waals surface area contributed by atoms with Gasteiger partial charge in [-0.3, -0.25) is 9.59 Å². The molecule has 2 unspecified atom stereocenters. The molecule has 0 saturated heterocycles. The second-order valence-corrected chi connectivity index (χ2v) is 6.82. The molecule has 0 aliphatic rings. The summed E-state index contributed by atoms with van der Waals surface area (Å²) in [5.41, 5.74) is -0.00146. The monoisotopic (exact) mass is 285 g/mol. The fraction of sp³-hybridized carbons (Fsp3) is 0.875. The van der Waals surface area contributed by atoms with Gasteiger partial charge in [-0.15, -0.1) is 0 Å². The van der Waals surface area contributed by atoms with Crippen LogP contribution in [0.25, 0.3) is 0 Å². The van der Waals surface area contributed by atoms with Gasteiger partial charge >= 0.3 is 5.97 Å². The molecule has 0 aliphatic carbocycles. The summed E-state index contributed by atoms with van der Waals surface area (Å²) in [5, 5.41) is 11.9. The summed E-state index contributed by atoms with van der Waals surface area (Å²) in [6.07, 6.45) is 4.47. The van der Waals surface area contributed by atoms with Crippen LogP contribution in [0.4, 0.5) is 0 Å². The van der Waals surface area contributed by atoms with Crippen LogP contribution in [-0.2, 0) is 9.59 Å². The van der Waals surface area contributed by atoms with Crippen molar-refractivity contribution in [2.75, 3.05) is 0 Å². The minimum atomic E-state index is -0.860. The first-order valence-electron chi connectivity index (χ1n) is 7.71. The van der Waals surface area contributed by atoms with E-state index in [2.05, 4.69) is 33.0 Å². The molecule has 2 N–H and O–H groups in total. The smallest absolute Gasteiger partial charge is 0.305 e. The van der Waals surface area contributed by atoms with Crippen LogP contribution in [0.5, 0.6) is 0 Å². The lowest BCUT2D eigenvalue weighted by atomic mass is 9.86. The molecule has 2 atom stereocenters. The van der Waals surface area contributed by atoms with Gasteiger partial charge in [0.15, 0.2) is 0 Å². The van der Waals surface area contributed by atoms with Crippen LogP contribution in [-0.4, -0.2) is 23.0 Å². The second kappa shape index (κ2) is 8.98. The molecule has 4 heteroatoms. The Balaban J connectivity index is 4.60. The predicted molar refractivity (Wildman–Crippen MR) is 81.6 cm³/mol. The van der Waals surface area contributed by atoms with E-state index >= 15 is 0 Å². The van der Waals surface area contributed by atoms with Crippen LogP contribution >= 0.6 is 0 Å². The third-order valence-corrected chi connectivity index (χ3v) is 3.40. The largest absolute Gasteiger partial charge is 0.481 e. The van der Waals surface area contributed by atoms with E-state index in [1.165, 1.54) is 0 Å². The van der Waals surface area contributed by atoms with Crippen molar-refractivity contribution < 1.29 is 14.7 Å². The van der Waals surface area contributed by atoms with E-state index in [-0.39, 0.29) is 29.7 Å². The predicted octanol–water partition coefficient (Wildman–Crippen LogP) is 3.60. The highest BCUT2D eigenvalue weighted by atomic mass is 16.4. The van der Waals surface area contributed by atoms with Crippen molar-refractivity contribution in [3.63, 3.8) is 0 Å². The van der Waals surface area contributed by atoms with Crippen molar-refractivity contribution in [2.24, 2.45) is 11.3 Å². The van der Waals surface area contributed by atoms with Gasteiger partial charge in [0.1, 0.15) is 0 Å².